The summed E-state index contributed by atoms with van der Waals surface area (Å²) in [4.78, 5) is 15.5. The highest BCUT2D eigenvalue weighted by Gasteiger charge is 2.20. The van der Waals surface area contributed by atoms with Gasteiger partial charge in [0.05, 0.1) is 7.11 Å². The van der Waals surface area contributed by atoms with E-state index in [1.165, 1.54) is 11.8 Å². The molecule has 118 valence electrons. The molecule has 0 aliphatic carbocycles. The van der Waals surface area contributed by atoms with Crippen LogP contribution in [-0.4, -0.2) is 38.2 Å². The summed E-state index contributed by atoms with van der Waals surface area (Å²) in [6, 6.07) is 7.68. The van der Waals surface area contributed by atoms with Gasteiger partial charge in [0.15, 0.2) is 11.5 Å². The summed E-state index contributed by atoms with van der Waals surface area (Å²) in [5.74, 6) is 0.213. The Hall–Kier alpha value is -3.23. The third-order valence-corrected chi connectivity index (χ3v) is 3.22. The van der Waals surface area contributed by atoms with Crippen molar-refractivity contribution in [2.24, 2.45) is 0 Å². The molecule has 23 heavy (non-hydrogen) atoms. The van der Waals surface area contributed by atoms with Crippen LogP contribution in [0.1, 0.15) is 5.56 Å². The smallest absolute Gasteiger partial charge is 0.327 e. The maximum absolute atomic E-state index is 11.3. The lowest BCUT2D eigenvalue weighted by Crippen LogP contribution is -2.14. The molecule has 0 amide bonds. The van der Waals surface area contributed by atoms with Crippen molar-refractivity contribution in [1.82, 2.24) is 25.1 Å². The number of hydrogen-bond donors (Lipinski definition) is 1. The lowest BCUT2D eigenvalue weighted by molar-refractivity contribution is -0.141. The Bertz CT molecular complexity index is 837. The summed E-state index contributed by atoms with van der Waals surface area (Å²) in [6.07, 6.45) is 0. The molecule has 3 aromatic rings. The topological polar surface area (TPSA) is 122 Å². The number of nitrogens with zero attached hydrogens (tertiary/aromatic N) is 5. The first-order valence-corrected chi connectivity index (χ1v) is 6.75. The third-order valence-electron chi connectivity index (χ3n) is 3.22. The van der Waals surface area contributed by atoms with E-state index < -0.39 is 5.97 Å². The van der Waals surface area contributed by atoms with Gasteiger partial charge in [-0.1, -0.05) is 40.2 Å². The van der Waals surface area contributed by atoms with Crippen LogP contribution in [-0.2, 0) is 16.1 Å². The first-order chi connectivity index (χ1) is 11.1. The molecule has 0 spiro atoms. The van der Waals surface area contributed by atoms with Crippen molar-refractivity contribution in [3.8, 4) is 23.0 Å². The maximum atomic E-state index is 11.3. The number of benzene rings is 1. The number of ether oxygens (including phenoxy) is 1. The number of rotatable bonds is 4. The van der Waals surface area contributed by atoms with Gasteiger partial charge in [-0.05, 0) is 6.92 Å². The van der Waals surface area contributed by atoms with E-state index in [1.807, 2.05) is 31.2 Å². The molecule has 0 saturated carbocycles. The molecule has 0 fully saturated rings. The summed E-state index contributed by atoms with van der Waals surface area (Å²) < 4.78 is 11.0. The van der Waals surface area contributed by atoms with Crippen molar-refractivity contribution in [2.75, 3.05) is 12.8 Å². The molecule has 0 unspecified atom stereocenters. The lowest BCUT2D eigenvalue weighted by atomic mass is 10.1. The predicted octanol–water partition coefficient (Wildman–Crippen LogP) is 1.06. The maximum Gasteiger partial charge on any atom is 0.327 e. The van der Waals surface area contributed by atoms with E-state index in [-0.39, 0.29) is 23.9 Å². The highest BCUT2D eigenvalue weighted by atomic mass is 16.5. The summed E-state index contributed by atoms with van der Waals surface area (Å²) >= 11 is 0. The molecule has 1 aromatic carbocycles. The van der Waals surface area contributed by atoms with E-state index in [0.717, 1.165) is 11.1 Å². The predicted molar refractivity (Wildman–Crippen MR) is 79.9 cm³/mol. The number of aryl methyl sites for hydroxylation is 1. The van der Waals surface area contributed by atoms with Crippen LogP contribution < -0.4 is 5.73 Å². The van der Waals surface area contributed by atoms with Crippen LogP contribution in [0.5, 0.6) is 0 Å². The fourth-order valence-electron chi connectivity index (χ4n) is 1.92. The molecule has 0 aliphatic rings. The van der Waals surface area contributed by atoms with Gasteiger partial charge in [-0.3, -0.25) is 4.79 Å². The molecule has 0 bridgehead atoms. The quantitative estimate of drug-likeness (QED) is 0.709. The fraction of sp³-hybridized carbons (Fsp3) is 0.214. The minimum Gasteiger partial charge on any atom is -0.468 e. The van der Waals surface area contributed by atoms with Gasteiger partial charge in [0, 0.05) is 5.56 Å². The Balaban J connectivity index is 1.89. The molecule has 0 atom stereocenters. The molecule has 2 N–H and O–H groups in total. The van der Waals surface area contributed by atoms with Gasteiger partial charge >= 0.3 is 5.97 Å². The minimum atomic E-state index is -0.487. The van der Waals surface area contributed by atoms with Gasteiger partial charge in [-0.2, -0.15) is 4.98 Å². The molecule has 2 aromatic heterocycles. The standard InChI is InChI=1S/C14H14N6O3/c1-8-3-5-9(6-4-8)13-16-14(23-18-13)11-12(15)20(19-17-11)7-10(21)22-2/h3-6H,7,15H2,1-2H3. The number of esters is 1. The summed E-state index contributed by atoms with van der Waals surface area (Å²) in [7, 11) is 1.28. The van der Waals surface area contributed by atoms with E-state index in [2.05, 4.69) is 25.2 Å². The van der Waals surface area contributed by atoms with Crippen LogP contribution >= 0.6 is 0 Å². The van der Waals surface area contributed by atoms with Crippen LogP contribution in [0.4, 0.5) is 5.82 Å². The van der Waals surface area contributed by atoms with E-state index in [0.29, 0.717) is 5.82 Å². The van der Waals surface area contributed by atoms with E-state index in [1.54, 1.807) is 0 Å². The van der Waals surface area contributed by atoms with Crippen LogP contribution in [0.25, 0.3) is 23.0 Å². The summed E-state index contributed by atoms with van der Waals surface area (Å²) in [6.45, 7) is 1.85. The Kier molecular flexibility index (Phi) is 3.75. The number of carbonyl (C=O) groups is 1. The van der Waals surface area contributed by atoms with Crippen LogP contribution in [0.15, 0.2) is 28.8 Å². The molecule has 3 rings (SSSR count). The molecule has 9 heteroatoms. The summed E-state index contributed by atoms with van der Waals surface area (Å²) in [5.41, 5.74) is 8.07. The van der Waals surface area contributed by atoms with Crippen LogP contribution in [0.2, 0.25) is 0 Å². The van der Waals surface area contributed by atoms with Crippen molar-refractivity contribution < 1.29 is 14.1 Å². The normalized spacial score (nSPS) is 10.7. The summed E-state index contributed by atoms with van der Waals surface area (Å²) in [5, 5.41) is 11.6. The van der Waals surface area contributed by atoms with E-state index >= 15 is 0 Å². The fourth-order valence-corrected chi connectivity index (χ4v) is 1.92. The average molecular weight is 314 g/mol. The van der Waals surface area contributed by atoms with Crippen molar-refractivity contribution in [1.29, 1.82) is 0 Å². The van der Waals surface area contributed by atoms with Crippen molar-refractivity contribution in [3.05, 3.63) is 29.8 Å². The van der Waals surface area contributed by atoms with E-state index in [9.17, 15) is 4.79 Å². The Morgan fingerprint density at radius 3 is 2.78 bits per heavy atom. The van der Waals surface area contributed by atoms with Gasteiger partial charge in [0.1, 0.15) is 6.54 Å². The number of hydrogen-bond acceptors (Lipinski definition) is 8. The molecular weight excluding hydrogens is 300 g/mol. The second kappa shape index (κ2) is 5.87. The van der Waals surface area contributed by atoms with Gasteiger partial charge in [-0.25, -0.2) is 4.68 Å². The third kappa shape index (κ3) is 2.89. The second-order valence-corrected chi connectivity index (χ2v) is 4.85. The molecule has 0 radical (unpaired) electrons. The zero-order valence-electron chi connectivity index (χ0n) is 12.6. The second-order valence-electron chi connectivity index (χ2n) is 4.85. The number of anilines is 1. The van der Waals surface area contributed by atoms with Crippen LogP contribution in [0.3, 0.4) is 0 Å². The first-order valence-electron chi connectivity index (χ1n) is 6.75. The van der Waals surface area contributed by atoms with Crippen molar-refractivity contribution >= 4 is 11.8 Å². The van der Waals surface area contributed by atoms with Crippen LogP contribution in [0, 0.1) is 6.92 Å². The highest BCUT2D eigenvalue weighted by Crippen LogP contribution is 2.24. The van der Waals surface area contributed by atoms with Crippen molar-refractivity contribution in [3.63, 3.8) is 0 Å². The van der Waals surface area contributed by atoms with Crippen molar-refractivity contribution in [2.45, 2.75) is 13.5 Å². The van der Waals surface area contributed by atoms with Gasteiger partial charge in [-0.15, -0.1) is 5.10 Å². The Labute approximate surface area is 131 Å². The zero-order valence-corrected chi connectivity index (χ0v) is 12.6. The molecule has 9 nitrogen and oxygen atoms in total. The Morgan fingerprint density at radius 1 is 1.35 bits per heavy atom. The van der Waals surface area contributed by atoms with Gasteiger partial charge in [0.25, 0.3) is 5.89 Å². The number of carbonyl (C=O) groups excluding carboxylic acids is 1. The molecular formula is C14H14N6O3. The molecule has 0 saturated heterocycles. The zero-order chi connectivity index (χ0) is 16.4. The van der Waals surface area contributed by atoms with Gasteiger partial charge in [0.2, 0.25) is 5.82 Å². The number of methoxy groups -OCH3 is 1. The monoisotopic (exact) mass is 314 g/mol. The van der Waals surface area contributed by atoms with Gasteiger partial charge < -0.3 is 15.0 Å². The highest BCUT2D eigenvalue weighted by molar-refractivity contribution is 5.71. The number of nitrogens with two attached hydrogens (primary N) is 1. The largest absolute Gasteiger partial charge is 0.468 e. The minimum absolute atomic E-state index is 0.134. The average Bonchev–Trinajstić information content (AvgIpc) is 3.16. The SMILES string of the molecule is COC(=O)Cn1nnc(-c2nc(-c3ccc(C)cc3)no2)c1N. The molecule has 0 aliphatic heterocycles. The Morgan fingerprint density at radius 2 is 2.09 bits per heavy atom. The first kappa shape index (κ1) is 14.7. The lowest BCUT2D eigenvalue weighted by Gasteiger charge is -2.00. The molecule has 2 heterocycles. The van der Waals surface area contributed by atoms with E-state index in [4.69, 9.17) is 10.3 Å². The number of aromatic nitrogens is 5. The number of nitrogen functional groups attached to an aromatic ring is 1.